The van der Waals surface area contributed by atoms with Gasteiger partial charge in [-0.3, -0.25) is 0 Å². The van der Waals surface area contributed by atoms with E-state index in [0.29, 0.717) is 5.82 Å². The molecule has 0 saturated carbocycles. The molecule has 3 nitrogen and oxygen atoms in total. The standard InChI is InChI=1S/C10H11N3S/c11-10-4-3-8(6-13-10)12-7-9-2-1-5-14-9/h1-6,12H,7H2,(H2,11,13). The van der Waals surface area contributed by atoms with Gasteiger partial charge in [0.25, 0.3) is 0 Å². The molecule has 0 amide bonds. The first-order chi connectivity index (χ1) is 6.84. The van der Waals surface area contributed by atoms with Crippen molar-refractivity contribution in [2.45, 2.75) is 6.54 Å². The van der Waals surface area contributed by atoms with Gasteiger partial charge in [0, 0.05) is 11.4 Å². The summed E-state index contributed by atoms with van der Waals surface area (Å²) in [4.78, 5) is 5.30. The lowest BCUT2D eigenvalue weighted by atomic mass is 10.4. The molecule has 2 rings (SSSR count). The van der Waals surface area contributed by atoms with Crippen molar-refractivity contribution in [1.82, 2.24) is 4.98 Å². The van der Waals surface area contributed by atoms with E-state index >= 15 is 0 Å². The Hall–Kier alpha value is -1.55. The largest absolute Gasteiger partial charge is 0.384 e. The highest BCUT2D eigenvalue weighted by Gasteiger charge is 1.94. The molecule has 0 aliphatic carbocycles. The molecule has 2 aromatic rings. The molecule has 0 bridgehead atoms. The summed E-state index contributed by atoms with van der Waals surface area (Å²) in [5, 5.41) is 5.33. The Kier molecular flexibility index (Phi) is 2.65. The second-order valence-corrected chi connectivity index (χ2v) is 3.94. The third-order valence-electron chi connectivity index (χ3n) is 1.83. The highest BCUT2D eigenvalue weighted by Crippen LogP contribution is 2.12. The number of nitrogens with zero attached hydrogens (tertiary/aromatic N) is 1. The quantitative estimate of drug-likeness (QED) is 0.808. The summed E-state index contributed by atoms with van der Waals surface area (Å²) in [5.74, 6) is 0.548. The molecule has 4 heteroatoms. The first-order valence-corrected chi connectivity index (χ1v) is 5.20. The van der Waals surface area contributed by atoms with Crippen LogP contribution < -0.4 is 11.1 Å². The summed E-state index contributed by atoms with van der Waals surface area (Å²) in [7, 11) is 0. The lowest BCUT2D eigenvalue weighted by Crippen LogP contribution is -1.98. The Balaban J connectivity index is 1.95. The maximum atomic E-state index is 5.48. The second-order valence-electron chi connectivity index (χ2n) is 2.90. The van der Waals surface area contributed by atoms with Gasteiger partial charge in [-0.05, 0) is 23.6 Å². The number of thiophene rings is 1. The van der Waals surface area contributed by atoms with Gasteiger partial charge in [-0.15, -0.1) is 11.3 Å². The number of aromatic nitrogens is 1. The van der Waals surface area contributed by atoms with Crippen LogP contribution in [0, 0.1) is 0 Å². The third kappa shape index (κ3) is 2.23. The summed E-state index contributed by atoms with van der Waals surface area (Å²) in [5.41, 5.74) is 6.47. The van der Waals surface area contributed by atoms with Crippen molar-refractivity contribution in [2.24, 2.45) is 0 Å². The lowest BCUT2D eigenvalue weighted by Gasteiger charge is -2.03. The highest BCUT2D eigenvalue weighted by molar-refractivity contribution is 7.09. The minimum Gasteiger partial charge on any atom is -0.384 e. The predicted molar refractivity (Wildman–Crippen MR) is 60.3 cm³/mol. The summed E-state index contributed by atoms with van der Waals surface area (Å²) in [6, 6.07) is 7.86. The van der Waals surface area contributed by atoms with E-state index in [9.17, 15) is 0 Å². The topological polar surface area (TPSA) is 50.9 Å². The smallest absolute Gasteiger partial charge is 0.123 e. The van der Waals surface area contributed by atoms with Gasteiger partial charge in [-0.25, -0.2) is 4.98 Å². The van der Waals surface area contributed by atoms with E-state index < -0.39 is 0 Å². The van der Waals surface area contributed by atoms with Crippen molar-refractivity contribution in [2.75, 3.05) is 11.1 Å². The van der Waals surface area contributed by atoms with E-state index in [1.807, 2.05) is 12.1 Å². The fraction of sp³-hybridized carbons (Fsp3) is 0.100. The van der Waals surface area contributed by atoms with Crippen LogP contribution >= 0.6 is 11.3 Å². The van der Waals surface area contributed by atoms with Crippen LogP contribution in [0.25, 0.3) is 0 Å². The first kappa shape index (κ1) is 9.02. The lowest BCUT2D eigenvalue weighted by molar-refractivity contribution is 1.18. The molecule has 0 aliphatic rings. The molecule has 2 heterocycles. The number of rotatable bonds is 3. The first-order valence-electron chi connectivity index (χ1n) is 4.32. The molecule has 0 fully saturated rings. The summed E-state index contributed by atoms with van der Waals surface area (Å²) < 4.78 is 0. The molecule has 72 valence electrons. The van der Waals surface area contributed by atoms with E-state index in [2.05, 4.69) is 21.7 Å². The molecule has 3 N–H and O–H groups in total. The van der Waals surface area contributed by atoms with Crippen molar-refractivity contribution in [3.05, 3.63) is 40.7 Å². The molecule has 0 atom stereocenters. The Labute approximate surface area is 86.6 Å². The number of nitrogens with one attached hydrogen (secondary N) is 1. The van der Waals surface area contributed by atoms with Crippen LogP contribution in [0.1, 0.15) is 4.88 Å². The number of nitrogen functional groups attached to an aromatic ring is 1. The van der Waals surface area contributed by atoms with Crippen LogP contribution in [0.4, 0.5) is 11.5 Å². The average molecular weight is 205 g/mol. The van der Waals surface area contributed by atoms with Gasteiger partial charge < -0.3 is 11.1 Å². The SMILES string of the molecule is Nc1ccc(NCc2cccs2)cn1. The van der Waals surface area contributed by atoms with E-state index in [-0.39, 0.29) is 0 Å². The summed E-state index contributed by atoms with van der Waals surface area (Å²) >= 11 is 1.74. The highest BCUT2D eigenvalue weighted by atomic mass is 32.1. The second kappa shape index (κ2) is 4.11. The van der Waals surface area contributed by atoms with E-state index in [1.165, 1.54) is 4.88 Å². The van der Waals surface area contributed by atoms with Crippen LogP contribution in [0.5, 0.6) is 0 Å². The van der Waals surface area contributed by atoms with Gasteiger partial charge in [0.05, 0.1) is 11.9 Å². The van der Waals surface area contributed by atoms with Crippen LogP contribution in [0.2, 0.25) is 0 Å². The molecular weight excluding hydrogens is 194 g/mol. The Bertz CT molecular complexity index is 380. The molecule has 0 aromatic carbocycles. The normalized spacial score (nSPS) is 10.0. The Morgan fingerprint density at radius 1 is 1.36 bits per heavy atom. The van der Waals surface area contributed by atoms with Crippen molar-refractivity contribution in [3.8, 4) is 0 Å². The number of hydrogen-bond acceptors (Lipinski definition) is 4. The van der Waals surface area contributed by atoms with Gasteiger partial charge in [-0.1, -0.05) is 6.07 Å². The number of anilines is 2. The molecule has 0 unspecified atom stereocenters. The van der Waals surface area contributed by atoms with E-state index in [4.69, 9.17) is 5.73 Å². The minimum atomic E-state index is 0.548. The van der Waals surface area contributed by atoms with Crippen molar-refractivity contribution in [1.29, 1.82) is 0 Å². The zero-order valence-corrected chi connectivity index (χ0v) is 8.42. The molecule has 0 saturated heterocycles. The van der Waals surface area contributed by atoms with E-state index in [1.54, 1.807) is 23.6 Å². The average Bonchev–Trinajstić information content (AvgIpc) is 2.70. The zero-order chi connectivity index (χ0) is 9.80. The maximum Gasteiger partial charge on any atom is 0.123 e. The van der Waals surface area contributed by atoms with Gasteiger partial charge in [0.2, 0.25) is 0 Å². The molecule has 0 radical (unpaired) electrons. The van der Waals surface area contributed by atoms with E-state index in [0.717, 1.165) is 12.2 Å². The van der Waals surface area contributed by atoms with Crippen LogP contribution in [-0.4, -0.2) is 4.98 Å². The number of nitrogens with two attached hydrogens (primary N) is 1. The van der Waals surface area contributed by atoms with Crippen LogP contribution in [0.15, 0.2) is 35.8 Å². The van der Waals surface area contributed by atoms with Gasteiger partial charge >= 0.3 is 0 Å². The van der Waals surface area contributed by atoms with Crippen molar-refractivity contribution in [3.63, 3.8) is 0 Å². The third-order valence-corrected chi connectivity index (χ3v) is 2.71. The van der Waals surface area contributed by atoms with Gasteiger partial charge in [-0.2, -0.15) is 0 Å². The Morgan fingerprint density at radius 3 is 2.93 bits per heavy atom. The Morgan fingerprint density at radius 2 is 2.29 bits per heavy atom. The number of hydrogen-bond donors (Lipinski definition) is 2. The van der Waals surface area contributed by atoms with Crippen molar-refractivity contribution >= 4 is 22.8 Å². The van der Waals surface area contributed by atoms with Gasteiger partial charge in [0.15, 0.2) is 0 Å². The number of pyridine rings is 1. The van der Waals surface area contributed by atoms with Crippen LogP contribution in [-0.2, 0) is 6.54 Å². The minimum absolute atomic E-state index is 0.548. The van der Waals surface area contributed by atoms with Crippen LogP contribution in [0.3, 0.4) is 0 Å². The maximum absolute atomic E-state index is 5.48. The zero-order valence-electron chi connectivity index (χ0n) is 7.60. The summed E-state index contributed by atoms with van der Waals surface area (Å²) in [6.45, 7) is 0.837. The summed E-state index contributed by atoms with van der Waals surface area (Å²) in [6.07, 6.45) is 1.74. The molecular formula is C10H11N3S. The monoisotopic (exact) mass is 205 g/mol. The molecule has 0 aliphatic heterocycles. The molecule has 2 aromatic heterocycles. The van der Waals surface area contributed by atoms with Crippen molar-refractivity contribution < 1.29 is 0 Å². The fourth-order valence-corrected chi connectivity index (χ4v) is 1.76. The van der Waals surface area contributed by atoms with Gasteiger partial charge in [0.1, 0.15) is 5.82 Å². The molecule has 0 spiro atoms. The predicted octanol–water partition coefficient (Wildman–Crippen LogP) is 2.34. The fourth-order valence-electron chi connectivity index (χ4n) is 1.11. The molecule has 14 heavy (non-hydrogen) atoms.